The molecule has 4 nitrogen and oxygen atoms in total. The Morgan fingerprint density at radius 2 is 1.90 bits per heavy atom. The van der Waals surface area contributed by atoms with Crippen LogP contribution < -0.4 is 0 Å². The SMILES string of the molecule is CC(C)(C)OC(=O)N(CC=O)CCCC1CCCCC1. The molecule has 1 fully saturated rings. The lowest BCUT2D eigenvalue weighted by molar-refractivity contribution is -0.109. The average Bonchev–Trinajstić information content (AvgIpc) is 2.37. The molecule has 0 atom stereocenters. The van der Waals surface area contributed by atoms with Gasteiger partial charge in [0.2, 0.25) is 0 Å². The minimum atomic E-state index is -0.512. The molecule has 0 heterocycles. The van der Waals surface area contributed by atoms with Crippen LogP contribution in [-0.4, -0.2) is 36.0 Å². The lowest BCUT2D eigenvalue weighted by Crippen LogP contribution is -2.38. The van der Waals surface area contributed by atoms with Gasteiger partial charge in [-0.3, -0.25) is 0 Å². The number of carbonyl (C=O) groups is 2. The molecule has 0 unspecified atom stereocenters. The molecule has 1 aliphatic rings. The van der Waals surface area contributed by atoms with Crippen LogP contribution in [0.25, 0.3) is 0 Å². The van der Waals surface area contributed by atoms with Crippen molar-refractivity contribution in [3.63, 3.8) is 0 Å². The number of carbonyl (C=O) groups excluding carboxylic acids is 2. The van der Waals surface area contributed by atoms with Gasteiger partial charge in [0, 0.05) is 6.54 Å². The van der Waals surface area contributed by atoms with E-state index in [1.54, 1.807) is 0 Å². The summed E-state index contributed by atoms with van der Waals surface area (Å²) in [6.45, 7) is 6.26. The number of hydrogen-bond acceptors (Lipinski definition) is 3. The molecule has 0 saturated heterocycles. The second-order valence-corrected chi connectivity index (χ2v) is 6.74. The Bertz CT molecular complexity index is 303. The number of amides is 1. The Balaban J connectivity index is 2.34. The van der Waals surface area contributed by atoms with Gasteiger partial charge in [0.25, 0.3) is 0 Å². The van der Waals surface area contributed by atoms with E-state index < -0.39 is 5.60 Å². The maximum Gasteiger partial charge on any atom is 0.410 e. The van der Waals surface area contributed by atoms with E-state index >= 15 is 0 Å². The zero-order chi connectivity index (χ0) is 15.0. The molecule has 0 aromatic heterocycles. The van der Waals surface area contributed by atoms with Crippen LogP contribution in [-0.2, 0) is 9.53 Å². The van der Waals surface area contributed by atoms with Gasteiger partial charge < -0.3 is 14.4 Å². The molecule has 0 aliphatic heterocycles. The molecule has 1 amide bonds. The smallest absolute Gasteiger partial charge is 0.410 e. The van der Waals surface area contributed by atoms with E-state index in [4.69, 9.17) is 4.74 Å². The lowest BCUT2D eigenvalue weighted by Gasteiger charge is -2.27. The summed E-state index contributed by atoms with van der Waals surface area (Å²) in [4.78, 5) is 24.2. The molecular formula is C16H29NO3. The van der Waals surface area contributed by atoms with Crippen molar-refractivity contribution in [2.75, 3.05) is 13.1 Å². The van der Waals surface area contributed by atoms with Crippen molar-refractivity contribution in [1.82, 2.24) is 4.90 Å². The van der Waals surface area contributed by atoms with E-state index in [1.165, 1.54) is 37.0 Å². The van der Waals surface area contributed by atoms with Crippen molar-refractivity contribution in [2.45, 2.75) is 71.3 Å². The minimum Gasteiger partial charge on any atom is -0.444 e. The van der Waals surface area contributed by atoms with E-state index in [-0.39, 0.29) is 12.6 Å². The Hall–Kier alpha value is -1.06. The number of rotatable bonds is 6. The zero-order valence-corrected chi connectivity index (χ0v) is 13.2. The van der Waals surface area contributed by atoms with Crippen LogP contribution in [0.4, 0.5) is 4.79 Å². The van der Waals surface area contributed by atoms with Gasteiger partial charge in [0.1, 0.15) is 11.9 Å². The van der Waals surface area contributed by atoms with Gasteiger partial charge in [-0.25, -0.2) is 4.79 Å². The van der Waals surface area contributed by atoms with Gasteiger partial charge in [0.05, 0.1) is 6.54 Å². The Labute approximate surface area is 122 Å². The maximum atomic E-state index is 12.0. The summed E-state index contributed by atoms with van der Waals surface area (Å²) in [6, 6.07) is 0. The first-order valence-electron chi connectivity index (χ1n) is 7.84. The lowest BCUT2D eigenvalue weighted by atomic mass is 9.86. The summed E-state index contributed by atoms with van der Waals surface area (Å²) < 4.78 is 5.32. The molecule has 4 heteroatoms. The second-order valence-electron chi connectivity index (χ2n) is 6.74. The molecule has 1 saturated carbocycles. The van der Waals surface area contributed by atoms with E-state index in [0.29, 0.717) is 6.54 Å². The molecule has 20 heavy (non-hydrogen) atoms. The Kier molecular flexibility index (Phi) is 7.03. The number of ether oxygens (including phenoxy) is 1. The highest BCUT2D eigenvalue weighted by molar-refractivity contribution is 5.71. The van der Waals surface area contributed by atoms with Crippen LogP contribution in [0, 0.1) is 5.92 Å². The summed E-state index contributed by atoms with van der Waals surface area (Å²) in [5.74, 6) is 0.806. The van der Waals surface area contributed by atoms with Gasteiger partial charge in [-0.1, -0.05) is 32.1 Å². The molecule has 116 valence electrons. The largest absolute Gasteiger partial charge is 0.444 e. The van der Waals surface area contributed by atoms with Crippen LogP contribution in [0.3, 0.4) is 0 Å². The van der Waals surface area contributed by atoms with Crippen LogP contribution >= 0.6 is 0 Å². The monoisotopic (exact) mass is 283 g/mol. The first-order chi connectivity index (χ1) is 9.42. The van der Waals surface area contributed by atoms with Crippen molar-refractivity contribution in [3.05, 3.63) is 0 Å². The Morgan fingerprint density at radius 3 is 2.45 bits per heavy atom. The minimum absolute atomic E-state index is 0.125. The van der Waals surface area contributed by atoms with Crippen molar-refractivity contribution in [2.24, 2.45) is 5.92 Å². The third-order valence-electron chi connectivity index (χ3n) is 3.71. The molecule has 0 aromatic rings. The molecule has 0 bridgehead atoms. The summed E-state index contributed by atoms with van der Waals surface area (Å²) in [7, 11) is 0. The normalized spacial score (nSPS) is 16.8. The van der Waals surface area contributed by atoms with Crippen LogP contribution in [0.1, 0.15) is 65.7 Å². The molecule has 0 N–H and O–H groups in total. The first kappa shape index (κ1) is 17.0. The second kappa shape index (κ2) is 8.28. The van der Waals surface area contributed by atoms with Gasteiger partial charge >= 0.3 is 6.09 Å². The highest BCUT2D eigenvalue weighted by Gasteiger charge is 2.22. The summed E-state index contributed by atoms with van der Waals surface area (Å²) in [5.41, 5.74) is -0.512. The quantitative estimate of drug-likeness (QED) is 0.697. The molecule has 0 spiro atoms. The van der Waals surface area contributed by atoms with Gasteiger partial charge in [0.15, 0.2) is 0 Å². The summed E-state index contributed by atoms with van der Waals surface area (Å²) in [6.07, 6.45) is 9.18. The van der Waals surface area contributed by atoms with Crippen LogP contribution in [0.5, 0.6) is 0 Å². The topological polar surface area (TPSA) is 46.6 Å². The predicted octanol–water partition coefficient (Wildman–Crippen LogP) is 3.78. The molecule has 1 rings (SSSR count). The standard InChI is InChI=1S/C16H29NO3/c1-16(2,3)20-15(19)17(12-13-18)11-7-10-14-8-5-4-6-9-14/h13-14H,4-12H2,1-3H3. The molecule has 0 radical (unpaired) electrons. The van der Waals surface area contributed by atoms with E-state index in [9.17, 15) is 9.59 Å². The summed E-state index contributed by atoms with van der Waals surface area (Å²) in [5, 5.41) is 0. The molecule has 0 aromatic carbocycles. The van der Waals surface area contributed by atoms with Crippen molar-refractivity contribution in [1.29, 1.82) is 0 Å². The number of nitrogens with zero attached hydrogens (tertiary/aromatic N) is 1. The van der Waals surface area contributed by atoms with E-state index in [0.717, 1.165) is 25.0 Å². The zero-order valence-electron chi connectivity index (χ0n) is 13.2. The van der Waals surface area contributed by atoms with Crippen LogP contribution in [0.2, 0.25) is 0 Å². The third kappa shape index (κ3) is 6.92. The fourth-order valence-electron chi connectivity index (χ4n) is 2.72. The highest BCUT2D eigenvalue weighted by Crippen LogP contribution is 2.27. The first-order valence-corrected chi connectivity index (χ1v) is 7.84. The highest BCUT2D eigenvalue weighted by atomic mass is 16.6. The van der Waals surface area contributed by atoms with Crippen molar-refractivity contribution < 1.29 is 14.3 Å². The maximum absolute atomic E-state index is 12.0. The van der Waals surface area contributed by atoms with Crippen LogP contribution in [0.15, 0.2) is 0 Å². The predicted molar refractivity (Wildman–Crippen MR) is 79.7 cm³/mol. The van der Waals surface area contributed by atoms with E-state index in [2.05, 4.69) is 0 Å². The van der Waals surface area contributed by atoms with Gasteiger partial charge in [-0.15, -0.1) is 0 Å². The fourth-order valence-corrected chi connectivity index (χ4v) is 2.72. The molecular weight excluding hydrogens is 254 g/mol. The van der Waals surface area contributed by atoms with Gasteiger partial charge in [-0.2, -0.15) is 0 Å². The average molecular weight is 283 g/mol. The van der Waals surface area contributed by atoms with Crippen molar-refractivity contribution in [3.8, 4) is 0 Å². The fraction of sp³-hybridized carbons (Fsp3) is 0.875. The van der Waals surface area contributed by atoms with Crippen molar-refractivity contribution >= 4 is 12.4 Å². The van der Waals surface area contributed by atoms with E-state index in [1.807, 2.05) is 20.8 Å². The Morgan fingerprint density at radius 1 is 1.25 bits per heavy atom. The third-order valence-corrected chi connectivity index (χ3v) is 3.71. The number of aldehydes is 1. The molecule has 1 aliphatic carbocycles. The van der Waals surface area contributed by atoms with Gasteiger partial charge in [-0.05, 0) is 39.5 Å². The summed E-state index contributed by atoms with van der Waals surface area (Å²) >= 11 is 0. The number of hydrogen-bond donors (Lipinski definition) is 0.